The number of hydrogen-bond acceptors (Lipinski definition) is 10. The summed E-state index contributed by atoms with van der Waals surface area (Å²) in [4.78, 5) is 36.2. The van der Waals surface area contributed by atoms with E-state index >= 15 is 0 Å². The van der Waals surface area contributed by atoms with Gasteiger partial charge in [0.15, 0.2) is 11.5 Å². The van der Waals surface area contributed by atoms with Gasteiger partial charge in [0.1, 0.15) is 30.1 Å². The number of fused-ring (bicyclic) bond motifs is 2. The molecule has 0 fully saturated rings. The molecule has 1 amide bonds. The van der Waals surface area contributed by atoms with Crippen LogP contribution in [0.3, 0.4) is 0 Å². The first kappa shape index (κ1) is 26.1. The summed E-state index contributed by atoms with van der Waals surface area (Å²) < 4.78 is 27.6. The number of anilines is 2. The van der Waals surface area contributed by atoms with Crippen LogP contribution < -0.4 is 29.2 Å². The van der Waals surface area contributed by atoms with Gasteiger partial charge in [0.2, 0.25) is 18.6 Å². The second-order valence-electron chi connectivity index (χ2n) is 10.0. The van der Waals surface area contributed by atoms with Crippen LogP contribution in [-0.2, 0) is 22.6 Å². The molecule has 204 valence electrons. The van der Waals surface area contributed by atoms with E-state index in [1.165, 1.54) is 6.20 Å². The molecule has 0 saturated carbocycles. The summed E-state index contributed by atoms with van der Waals surface area (Å²) in [7, 11) is 1.60. The van der Waals surface area contributed by atoms with E-state index in [1.807, 2.05) is 41.3 Å². The fourth-order valence-corrected chi connectivity index (χ4v) is 4.24. The minimum Gasteiger partial charge on any atom is -0.497 e. The summed E-state index contributed by atoms with van der Waals surface area (Å²) >= 11 is 0. The Kier molecular flexibility index (Phi) is 7.14. The van der Waals surface area contributed by atoms with Gasteiger partial charge in [0.05, 0.1) is 12.8 Å². The number of carbonyl (C=O) groups excluding carboxylic acids is 2. The van der Waals surface area contributed by atoms with Crippen LogP contribution in [-0.4, -0.2) is 54.4 Å². The molecule has 0 spiro atoms. The van der Waals surface area contributed by atoms with Gasteiger partial charge in [-0.15, -0.1) is 0 Å². The number of amides is 1. The van der Waals surface area contributed by atoms with Gasteiger partial charge in [-0.05, 0) is 56.5 Å². The van der Waals surface area contributed by atoms with E-state index < -0.39 is 17.5 Å². The molecule has 3 heterocycles. The van der Waals surface area contributed by atoms with Crippen molar-refractivity contribution in [1.82, 2.24) is 15.3 Å². The third-order valence-corrected chi connectivity index (χ3v) is 6.04. The van der Waals surface area contributed by atoms with Gasteiger partial charge in [-0.25, -0.2) is 4.98 Å². The lowest BCUT2D eigenvalue weighted by Gasteiger charge is -2.20. The van der Waals surface area contributed by atoms with Gasteiger partial charge in [-0.2, -0.15) is 4.98 Å². The Labute approximate surface area is 226 Å². The minimum absolute atomic E-state index is 0.0895. The molecule has 0 saturated heterocycles. The number of hydrogen-bond donors (Lipinski definition) is 1. The van der Waals surface area contributed by atoms with E-state index in [2.05, 4.69) is 15.3 Å². The normalized spacial score (nSPS) is 13.6. The fraction of sp³-hybridized carbons (Fsp3) is 0.357. The molecule has 2 aromatic carbocycles. The van der Waals surface area contributed by atoms with Gasteiger partial charge in [0, 0.05) is 18.8 Å². The molecule has 1 aromatic heterocycles. The summed E-state index contributed by atoms with van der Waals surface area (Å²) in [5.41, 5.74) is 2.28. The maximum absolute atomic E-state index is 13.0. The Morgan fingerprint density at radius 3 is 2.56 bits per heavy atom. The molecular formula is C28H30N4O7. The van der Waals surface area contributed by atoms with Gasteiger partial charge in [-0.3, -0.25) is 9.59 Å². The van der Waals surface area contributed by atoms with Crippen molar-refractivity contribution < 1.29 is 33.3 Å². The predicted molar refractivity (Wildman–Crippen MR) is 141 cm³/mol. The molecule has 3 aromatic rings. The number of esters is 1. The number of nitrogens with one attached hydrogen (secondary N) is 1. The number of methoxy groups -OCH3 is 1. The van der Waals surface area contributed by atoms with Crippen LogP contribution in [0, 0.1) is 0 Å². The van der Waals surface area contributed by atoms with Gasteiger partial charge < -0.3 is 33.9 Å². The lowest BCUT2D eigenvalue weighted by atomic mass is 10.1. The van der Waals surface area contributed by atoms with Crippen molar-refractivity contribution in [3.05, 3.63) is 59.3 Å². The molecular weight excluding hydrogens is 504 g/mol. The molecule has 11 heteroatoms. The molecule has 0 radical (unpaired) electrons. The zero-order valence-corrected chi connectivity index (χ0v) is 22.3. The second-order valence-corrected chi connectivity index (χ2v) is 10.0. The van der Waals surface area contributed by atoms with E-state index in [1.54, 1.807) is 27.9 Å². The smallest absolute Gasteiger partial charge is 0.325 e. The van der Waals surface area contributed by atoms with E-state index in [9.17, 15) is 9.59 Å². The van der Waals surface area contributed by atoms with E-state index in [-0.39, 0.29) is 31.4 Å². The maximum Gasteiger partial charge on any atom is 0.325 e. The van der Waals surface area contributed by atoms with Gasteiger partial charge in [0.25, 0.3) is 5.91 Å². The van der Waals surface area contributed by atoms with E-state index in [4.69, 9.17) is 23.7 Å². The standard InChI is InChI=1S/C28H30N4O7/c1-28(2,3)39-24(33)14-29-25(34)20-13-30-27(31-26(20)36-15-17-5-7-19(35-4)8-6-17)32-10-9-18-11-22-23(12-21(18)32)38-16-37-22/h5-8,11-13H,9-10,14-16H2,1-4H3,(H,29,34). The summed E-state index contributed by atoms with van der Waals surface area (Å²) in [6.45, 7) is 5.95. The highest BCUT2D eigenvalue weighted by molar-refractivity contribution is 5.97. The van der Waals surface area contributed by atoms with E-state index in [0.29, 0.717) is 18.2 Å². The molecule has 2 aliphatic heterocycles. The molecule has 2 aliphatic rings. The molecule has 0 unspecified atom stereocenters. The first-order valence-corrected chi connectivity index (χ1v) is 12.5. The largest absolute Gasteiger partial charge is 0.497 e. The van der Waals surface area contributed by atoms with Gasteiger partial charge in [-0.1, -0.05) is 12.1 Å². The molecule has 1 N–H and O–H groups in total. The quantitative estimate of drug-likeness (QED) is 0.429. The van der Waals surface area contributed by atoms with Crippen molar-refractivity contribution in [2.75, 3.05) is 31.9 Å². The number of nitrogens with zero attached hydrogens (tertiary/aromatic N) is 3. The average Bonchev–Trinajstić information content (AvgIpc) is 3.54. The SMILES string of the molecule is COc1ccc(COc2nc(N3CCc4cc5c(cc43)OCO5)ncc2C(=O)NCC(=O)OC(C)(C)C)cc1. The Morgan fingerprint density at radius 1 is 1.10 bits per heavy atom. The lowest BCUT2D eigenvalue weighted by Crippen LogP contribution is -2.35. The van der Waals surface area contributed by atoms with Gasteiger partial charge >= 0.3 is 5.97 Å². The van der Waals surface area contributed by atoms with Crippen molar-refractivity contribution >= 4 is 23.5 Å². The Morgan fingerprint density at radius 2 is 1.85 bits per heavy atom. The number of rotatable bonds is 8. The van der Waals surface area contributed by atoms with Crippen LogP contribution >= 0.6 is 0 Å². The van der Waals surface area contributed by atoms with Crippen LogP contribution in [0.1, 0.15) is 42.3 Å². The van der Waals surface area contributed by atoms with E-state index in [0.717, 1.165) is 34.7 Å². The summed E-state index contributed by atoms with van der Waals surface area (Å²) in [5.74, 6) is 1.46. The fourth-order valence-electron chi connectivity index (χ4n) is 4.24. The maximum atomic E-state index is 13.0. The molecule has 0 bridgehead atoms. The number of ether oxygens (including phenoxy) is 5. The predicted octanol–water partition coefficient (Wildman–Crippen LogP) is 3.56. The van der Waals surface area contributed by atoms with Crippen LogP contribution in [0.4, 0.5) is 11.6 Å². The van der Waals surface area contributed by atoms with Crippen LogP contribution in [0.25, 0.3) is 0 Å². The third kappa shape index (κ3) is 5.97. The number of aromatic nitrogens is 2. The topological polar surface area (TPSA) is 121 Å². The Bertz CT molecular complexity index is 1390. The third-order valence-electron chi connectivity index (χ3n) is 6.04. The first-order chi connectivity index (χ1) is 18.7. The van der Waals surface area contributed by atoms with Crippen molar-refractivity contribution in [2.45, 2.75) is 39.4 Å². The Balaban J connectivity index is 1.39. The summed E-state index contributed by atoms with van der Waals surface area (Å²) in [6.07, 6.45) is 2.18. The Hall–Kier alpha value is -4.54. The highest BCUT2D eigenvalue weighted by Crippen LogP contribution is 2.43. The summed E-state index contributed by atoms with van der Waals surface area (Å²) in [6, 6.07) is 11.3. The van der Waals surface area contributed by atoms with Crippen LogP contribution in [0.15, 0.2) is 42.6 Å². The second kappa shape index (κ2) is 10.7. The zero-order chi connectivity index (χ0) is 27.6. The van der Waals surface area contributed by atoms with Crippen molar-refractivity contribution in [3.8, 4) is 23.1 Å². The lowest BCUT2D eigenvalue weighted by molar-refractivity contribution is -0.153. The monoisotopic (exact) mass is 534 g/mol. The molecule has 0 aliphatic carbocycles. The highest BCUT2D eigenvalue weighted by atomic mass is 16.7. The molecule has 5 rings (SSSR count). The van der Waals surface area contributed by atoms with Crippen molar-refractivity contribution in [1.29, 1.82) is 0 Å². The number of benzene rings is 2. The summed E-state index contributed by atoms with van der Waals surface area (Å²) in [5, 5.41) is 2.57. The average molecular weight is 535 g/mol. The molecule has 11 nitrogen and oxygen atoms in total. The van der Waals surface area contributed by atoms with Crippen LogP contribution in [0.5, 0.6) is 23.1 Å². The van der Waals surface area contributed by atoms with Crippen molar-refractivity contribution in [2.24, 2.45) is 0 Å². The first-order valence-electron chi connectivity index (χ1n) is 12.5. The van der Waals surface area contributed by atoms with Crippen molar-refractivity contribution in [3.63, 3.8) is 0 Å². The zero-order valence-electron chi connectivity index (χ0n) is 22.3. The van der Waals surface area contributed by atoms with Crippen LogP contribution in [0.2, 0.25) is 0 Å². The number of carbonyl (C=O) groups is 2. The minimum atomic E-state index is -0.664. The highest BCUT2D eigenvalue weighted by Gasteiger charge is 2.29. The molecule has 39 heavy (non-hydrogen) atoms. The molecule has 0 atom stereocenters.